The van der Waals surface area contributed by atoms with E-state index < -0.39 is 0 Å². The van der Waals surface area contributed by atoms with E-state index in [1.54, 1.807) is 12.1 Å². The molecular formula is C18H17F. The summed E-state index contributed by atoms with van der Waals surface area (Å²) in [6.45, 7) is 4.21. The summed E-state index contributed by atoms with van der Waals surface area (Å²) in [5.41, 5.74) is 3.27. The van der Waals surface area contributed by atoms with E-state index in [-0.39, 0.29) is 5.82 Å². The summed E-state index contributed by atoms with van der Waals surface area (Å²) in [4.78, 5) is 0. The lowest BCUT2D eigenvalue weighted by Gasteiger charge is -2.09. The molecule has 0 spiro atoms. The van der Waals surface area contributed by atoms with Crippen LogP contribution in [0.3, 0.4) is 0 Å². The summed E-state index contributed by atoms with van der Waals surface area (Å²) < 4.78 is 13.3. The minimum Gasteiger partial charge on any atom is -0.207 e. The second kappa shape index (κ2) is 5.00. The largest absolute Gasteiger partial charge is 0.207 e. The van der Waals surface area contributed by atoms with Crippen LogP contribution in [0.4, 0.5) is 4.39 Å². The smallest absolute Gasteiger partial charge is 0.123 e. The first-order valence-corrected chi connectivity index (χ1v) is 6.75. The maximum atomic E-state index is 13.3. The van der Waals surface area contributed by atoms with Crippen LogP contribution in [0.25, 0.3) is 5.57 Å². The van der Waals surface area contributed by atoms with Crippen molar-refractivity contribution >= 4 is 5.57 Å². The molecule has 2 aliphatic carbocycles. The molecule has 0 nitrogen and oxygen atoms in total. The zero-order valence-electron chi connectivity index (χ0n) is 10.9. The zero-order chi connectivity index (χ0) is 13.2. The van der Waals surface area contributed by atoms with E-state index in [0.29, 0.717) is 11.8 Å². The van der Waals surface area contributed by atoms with Crippen LogP contribution in [0.1, 0.15) is 18.4 Å². The lowest BCUT2D eigenvalue weighted by molar-refractivity contribution is 0.627. The van der Waals surface area contributed by atoms with Gasteiger partial charge in [0.1, 0.15) is 5.82 Å². The molecule has 3 rings (SSSR count). The Labute approximate surface area is 113 Å². The molecule has 1 heteroatoms. The second-order valence-corrected chi connectivity index (χ2v) is 5.25. The molecule has 0 aromatic heterocycles. The van der Waals surface area contributed by atoms with Gasteiger partial charge >= 0.3 is 0 Å². The van der Waals surface area contributed by atoms with E-state index in [1.807, 2.05) is 12.1 Å². The van der Waals surface area contributed by atoms with Crippen molar-refractivity contribution in [3.05, 3.63) is 78.2 Å². The molecule has 0 radical (unpaired) electrons. The van der Waals surface area contributed by atoms with Crippen molar-refractivity contribution in [2.75, 3.05) is 0 Å². The summed E-state index contributed by atoms with van der Waals surface area (Å²) in [7, 11) is 0. The lowest BCUT2D eigenvalue weighted by atomic mass is 9.95. The SMILES string of the molecule is C=C(C1C=CC=C(c2cccc(F)c2)C=C1)C1CC1. The average Bonchev–Trinajstić information content (AvgIpc) is 3.24. The van der Waals surface area contributed by atoms with Crippen LogP contribution in [-0.2, 0) is 0 Å². The molecule has 1 atom stereocenters. The average molecular weight is 252 g/mol. The van der Waals surface area contributed by atoms with Crippen LogP contribution in [0.2, 0.25) is 0 Å². The van der Waals surface area contributed by atoms with Crippen molar-refractivity contribution in [2.24, 2.45) is 11.8 Å². The van der Waals surface area contributed by atoms with Gasteiger partial charge in [-0.1, -0.05) is 54.7 Å². The van der Waals surface area contributed by atoms with Crippen molar-refractivity contribution in [3.8, 4) is 0 Å². The number of hydrogen-bond donors (Lipinski definition) is 0. The number of halogens is 1. The van der Waals surface area contributed by atoms with Gasteiger partial charge in [-0.05, 0) is 42.0 Å². The number of allylic oxidation sites excluding steroid dienone is 7. The molecule has 0 heterocycles. The van der Waals surface area contributed by atoms with Crippen LogP contribution in [-0.4, -0.2) is 0 Å². The normalized spacial score (nSPS) is 21.9. The first-order valence-electron chi connectivity index (χ1n) is 6.75. The molecule has 1 aromatic rings. The van der Waals surface area contributed by atoms with Crippen molar-refractivity contribution in [3.63, 3.8) is 0 Å². The van der Waals surface area contributed by atoms with Gasteiger partial charge in [0.25, 0.3) is 0 Å². The van der Waals surface area contributed by atoms with Crippen molar-refractivity contribution in [1.29, 1.82) is 0 Å². The van der Waals surface area contributed by atoms with Crippen LogP contribution >= 0.6 is 0 Å². The highest BCUT2D eigenvalue weighted by molar-refractivity contribution is 5.76. The number of benzene rings is 1. The van der Waals surface area contributed by atoms with Gasteiger partial charge in [0.2, 0.25) is 0 Å². The highest BCUT2D eigenvalue weighted by Crippen LogP contribution is 2.40. The Kier molecular flexibility index (Phi) is 3.20. The summed E-state index contributed by atoms with van der Waals surface area (Å²) in [6, 6.07) is 6.72. The number of hydrogen-bond acceptors (Lipinski definition) is 0. The molecule has 0 aliphatic heterocycles. The third kappa shape index (κ3) is 2.76. The summed E-state index contributed by atoms with van der Waals surface area (Å²) >= 11 is 0. The Morgan fingerprint density at radius 3 is 2.79 bits per heavy atom. The number of rotatable bonds is 3. The van der Waals surface area contributed by atoms with Crippen LogP contribution in [0.15, 0.2) is 66.8 Å². The molecule has 0 amide bonds. The molecule has 1 aromatic carbocycles. The van der Waals surface area contributed by atoms with Gasteiger partial charge in [-0.3, -0.25) is 0 Å². The van der Waals surface area contributed by atoms with Crippen molar-refractivity contribution in [1.82, 2.24) is 0 Å². The molecular weight excluding hydrogens is 235 g/mol. The molecule has 0 N–H and O–H groups in total. The van der Waals surface area contributed by atoms with E-state index >= 15 is 0 Å². The van der Waals surface area contributed by atoms with Crippen LogP contribution < -0.4 is 0 Å². The monoisotopic (exact) mass is 252 g/mol. The summed E-state index contributed by atoms with van der Waals surface area (Å²) in [6.07, 6.45) is 13.1. The Bertz CT molecular complexity index is 585. The summed E-state index contributed by atoms with van der Waals surface area (Å²) in [5.74, 6) is 0.823. The van der Waals surface area contributed by atoms with Crippen molar-refractivity contribution < 1.29 is 4.39 Å². The van der Waals surface area contributed by atoms with Gasteiger partial charge in [0, 0.05) is 5.92 Å². The van der Waals surface area contributed by atoms with Gasteiger partial charge in [-0.2, -0.15) is 0 Å². The van der Waals surface area contributed by atoms with E-state index in [2.05, 4.69) is 30.9 Å². The van der Waals surface area contributed by atoms with Gasteiger partial charge in [0.05, 0.1) is 0 Å². The quantitative estimate of drug-likeness (QED) is 0.670. The molecule has 1 fully saturated rings. The Morgan fingerprint density at radius 1 is 1.21 bits per heavy atom. The first-order chi connectivity index (χ1) is 9.24. The molecule has 19 heavy (non-hydrogen) atoms. The Morgan fingerprint density at radius 2 is 2.05 bits per heavy atom. The van der Waals surface area contributed by atoms with Crippen molar-refractivity contribution in [2.45, 2.75) is 12.8 Å². The molecule has 2 aliphatic rings. The van der Waals surface area contributed by atoms with E-state index in [9.17, 15) is 4.39 Å². The molecule has 0 saturated heterocycles. The van der Waals surface area contributed by atoms with Crippen LogP contribution in [0, 0.1) is 17.7 Å². The minimum atomic E-state index is -0.195. The third-order valence-electron chi connectivity index (χ3n) is 3.77. The maximum absolute atomic E-state index is 13.3. The predicted molar refractivity (Wildman–Crippen MR) is 78.0 cm³/mol. The van der Waals surface area contributed by atoms with E-state index in [4.69, 9.17) is 0 Å². The Balaban J connectivity index is 1.82. The zero-order valence-corrected chi connectivity index (χ0v) is 10.9. The fourth-order valence-electron chi connectivity index (χ4n) is 2.44. The molecule has 0 bridgehead atoms. The maximum Gasteiger partial charge on any atom is 0.123 e. The molecule has 96 valence electrons. The molecule has 1 saturated carbocycles. The molecule has 1 unspecified atom stereocenters. The fraction of sp³-hybridized carbons (Fsp3) is 0.222. The fourth-order valence-corrected chi connectivity index (χ4v) is 2.44. The second-order valence-electron chi connectivity index (χ2n) is 5.25. The van der Waals surface area contributed by atoms with Gasteiger partial charge in [0.15, 0.2) is 0 Å². The van der Waals surface area contributed by atoms with Gasteiger partial charge in [-0.15, -0.1) is 0 Å². The van der Waals surface area contributed by atoms with Gasteiger partial charge in [-0.25, -0.2) is 4.39 Å². The van der Waals surface area contributed by atoms with E-state index in [0.717, 1.165) is 11.1 Å². The summed E-state index contributed by atoms with van der Waals surface area (Å²) in [5, 5.41) is 0. The first kappa shape index (κ1) is 12.2. The van der Waals surface area contributed by atoms with Crippen LogP contribution in [0.5, 0.6) is 0 Å². The highest BCUT2D eigenvalue weighted by atomic mass is 19.1. The predicted octanol–water partition coefficient (Wildman–Crippen LogP) is 4.92. The van der Waals surface area contributed by atoms with E-state index in [1.165, 1.54) is 24.5 Å². The Hall–Kier alpha value is -1.89. The highest BCUT2D eigenvalue weighted by Gasteiger charge is 2.27. The topological polar surface area (TPSA) is 0 Å². The van der Waals surface area contributed by atoms with Gasteiger partial charge < -0.3 is 0 Å². The lowest BCUT2D eigenvalue weighted by Crippen LogP contribution is -1.97. The third-order valence-corrected chi connectivity index (χ3v) is 3.77. The standard InChI is InChI=1S/C18H17F/c1-13(15-8-9-15)14-4-2-5-16(11-10-14)17-6-3-7-18(19)12-17/h2-7,10-12,14-15H,1,8-9H2. The minimum absolute atomic E-state index is 0.195.